The maximum absolute atomic E-state index is 6.53. The van der Waals surface area contributed by atoms with Gasteiger partial charge in [0.25, 0.3) is 0 Å². The highest BCUT2D eigenvalue weighted by atomic mass is 35.5. The van der Waals surface area contributed by atoms with Crippen LogP contribution >= 0.6 is 11.6 Å². The van der Waals surface area contributed by atoms with E-state index in [2.05, 4.69) is 25.7 Å². The zero-order valence-electron chi connectivity index (χ0n) is 12.3. The number of aliphatic imine (C=N–C) groups is 1. The normalized spacial score (nSPS) is 25.4. The van der Waals surface area contributed by atoms with Crippen molar-refractivity contribution in [3.05, 3.63) is 28.8 Å². The molecule has 1 saturated carbocycles. The largest absolute Gasteiger partial charge is 0.351 e. The van der Waals surface area contributed by atoms with E-state index in [0.717, 1.165) is 28.7 Å². The molecule has 1 aliphatic heterocycles. The topological polar surface area (TPSA) is 24.8 Å². The van der Waals surface area contributed by atoms with Gasteiger partial charge in [-0.25, -0.2) is 4.99 Å². The Morgan fingerprint density at radius 1 is 1.40 bits per heavy atom. The van der Waals surface area contributed by atoms with Gasteiger partial charge in [0.1, 0.15) is 5.84 Å². The number of ether oxygens (including phenoxy) is 1. The minimum Gasteiger partial charge on any atom is -0.351 e. The lowest BCUT2D eigenvalue weighted by Gasteiger charge is -2.48. The van der Waals surface area contributed by atoms with Gasteiger partial charge in [0.2, 0.25) is 0 Å². The Morgan fingerprint density at radius 3 is 2.75 bits per heavy atom. The van der Waals surface area contributed by atoms with Crippen LogP contribution in [0.5, 0.6) is 0 Å². The molecule has 3 nitrogen and oxygen atoms in total. The first-order valence-electron chi connectivity index (χ1n) is 7.41. The summed E-state index contributed by atoms with van der Waals surface area (Å²) in [6, 6.07) is 5.94. The van der Waals surface area contributed by atoms with E-state index in [1.165, 1.54) is 12.8 Å². The minimum absolute atomic E-state index is 0.428. The van der Waals surface area contributed by atoms with Crippen molar-refractivity contribution < 1.29 is 4.74 Å². The quantitative estimate of drug-likeness (QED) is 0.825. The van der Waals surface area contributed by atoms with Crippen LogP contribution in [0.1, 0.15) is 39.2 Å². The Morgan fingerprint density at radius 2 is 2.15 bits per heavy atom. The number of amidine groups is 1. The minimum atomic E-state index is -0.428. The summed E-state index contributed by atoms with van der Waals surface area (Å²) in [6.07, 6.45) is 2.38. The molecule has 0 radical (unpaired) electrons. The maximum Gasteiger partial charge on any atom is 0.174 e. The lowest BCUT2D eigenvalue weighted by molar-refractivity contribution is -0.148. The summed E-state index contributed by atoms with van der Waals surface area (Å²) >= 11 is 6.53. The summed E-state index contributed by atoms with van der Waals surface area (Å²) in [6.45, 7) is 7.80. The van der Waals surface area contributed by atoms with Crippen molar-refractivity contribution in [2.45, 2.75) is 39.3 Å². The summed E-state index contributed by atoms with van der Waals surface area (Å²) in [5.41, 5.74) is 1.58. The summed E-state index contributed by atoms with van der Waals surface area (Å²) in [4.78, 5) is 7.00. The SMILES string of the molecule is CCOC1(C2CC2)c2c(Cl)cccc2N=C(C)N1CC. The molecule has 0 N–H and O–H groups in total. The van der Waals surface area contributed by atoms with Gasteiger partial charge in [0.05, 0.1) is 10.7 Å². The third-order valence-electron chi connectivity index (χ3n) is 4.24. The zero-order valence-corrected chi connectivity index (χ0v) is 13.1. The van der Waals surface area contributed by atoms with Crippen LogP contribution in [-0.2, 0) is 10.5 Å². The third kappa shape index (κ3) is 1.87. The summed E-state index contributed by atoms with van der Waals surface area (Å²) < 4.78 is 6.34. The number of rotatable bonds is 4. The Hall–Kier alpha value is -1.06. The van der Waals surface area contributed by atoms with Gasteiger partial charge in [-0.15, -0.1) is 0 Å². The van der Waals surface area contributed by atoms with Crippen LogP contribution in [0.15, 0.2) is 23.2 Å². The zero-order chi connectivity index (χ0) is 14.3. The van der Waals surface area contributed by atoms with Crippen molar-refractivity contribution >= 4 is 23.1 Å². The second kappa shape index (κ2) is 5.05. The predicted octanol–water partition coefficient (Wildman–Crippen LogP) is 4.32. The highest BCUT2D eigenvalue weighted by molar-refractivity contribution is 6.32. The number of hydrogen-bond donors (Lipinski definition) is 0. The Bertz CT molecular complexity index is 553. The highest BCUT2D eigenvalue weighted by Crippen LogP contribution is 2.56. The molecule has 1 unspecified atom stereocenters. The number of fused-ring (bicyclic) bond motifs is 1. The molecule has 3 rings (SSSR count). The summed E-state index contributed by atoms with van der Waals surface area (Å²) in [5, 5.41) is 0.762. The molecule has 0 spiro atoms. The van der Waals surface area contributed by atoms with Gasteiger partial charge in [-0.3, -0.25) is 0 Å². The van der Waals surface area contributed by atoms with Gasteiger partial charge in [-0.05, 0) is 45.7 Å². The molecular weight excluding hydrogens is 272 g/mol. The fourth-order valence-electron chi connectivity index (χ4n) is 3.42. The molecule has 0 saturated heterocycles. The number of nitrogens with zero attached hydrogens (tertiary/aromatic N) is 2. The van der Waals surface area contributed by atoms with Crippen molar-refractivity contribution in [1.82, 2.24) is 4.90 Å². The predicted molar refractivity (Wildman–Crippen MR) is 82.6 cm³/mol. The molecule has 1 atom stereocenters. The molecule has 1 fully saturated rings. The van der Waals surface area contributed by atoms with Crippen LogP contribution in [0.3, 0.4) is 0 Å². The Labute approximate surface area is 125 Å². The van der Waals surface area contributed by atoms with Gasteiger partial charge in [-0.1, -0.05) is 17.7 Å². The second-order valence-electron chi connectivity index (χ2n) is 5.44. The maximum atomic E-state index is 6.53. The Kier molecular flexibility index (Phi) is 3.51. The smallest absolute Gasteiger partial charge is 0.174 e. The van der Waals surface area contributed by atoms with E-state index in [1.54, 1.807) is 0 Å². The first kappa shape index (κ1) is 13.9. The molecule has 1 aromatic carbocycles. The molecule has 1 heterocycles. The van der Waals surface area contributed by atoms with E-state index in [-0.39, 0.29) is 0 Å². The number of benzene rings is 1. The monoisotopic (exact) mass is 292 g/mol. The average molecular weight is 293 g/mol. The molecule has 0 amide bonds. The van der Waals surface area contributed by atoms with Crippen molar-refractivity contribution in [1.29, 1.82) is 0 Å². The van der Waals surface area contributed by atoms with Crippen molar-refractivity contribution in [3.63, 3.8) is 0 Å². The molecule has 108 valence electrons. The second-order valence-corrected chi connectivity index (χ2v) is 5.85. The van der Waals surface area contributed by atoms with Gasteiger partial charge in [0.15, 0.2) is 5.72 Å². The molecule has 0 aromatic heterocycles. The van der Waals surface area contributed by atoms with Gasteiger partial charge < -0.3 is 9.64 Å². The summed E-state index contributed by atoms with van der Waals surface area (Å²) in [5.74, 6) is 1.52. The van der Waals surface area contributed by atoms with Gasteiger partial charge >= 0.3 is 0 Å². The van der Waals surface area contributed by atoms with Crippen molar-refractivity contribution in [3.8, 4) is 0 Å². The van der Waals surface area contributed by atoms with Crippen LogP contribution < -0.4 is 0 Å². The van der Waals surface area contributed by atoms with Crippen LogP contribution in [0.4, 0.5) is 5.69 Å². The van der Waals surface area contributed by atoms with E-state index >= 15 is 0 Å². The fourth-order valence-corrected chi connectivity index (χ4v) is 3.73. The lowest BCUT2D eigenvalue weighted by atomic mass is 9.91. The van der Waals surface area contributed by atoms with Crippen LogP contribution in [0.25, 0.3) is 0 Å². The fraction of sp³-hybridized carbons (Fsp3) is 0.562. The standard InChI is InChI=1S/C16H21ClN2O/c1-4-19-11(3)18-14-8-6-7-13(17)15(14)16(19,20-5-2)12-9-10-12/h6-8,12H,4-5,9-10H2,1-3H3. The van der Waals surface area contributed by atoms with Crippen molar-refractivity contribution in [2.24, 2.45) is 10.9 Å². The van der Waals surface area contributed by atoms with Gasteiger partial charge in [-0.2, -0.15) is 0 Å². The van der Waals surface area contributed by atoms with Crippen LogP contribution in [0, 0.1) is 5.92 Å². The first-order valence-corrected chi connectivity index (χ1v) is 7.78. The van der Waals surface area contributed by atoms with Crippen LogP contribution in [0.2, 0.25) is 5.02 Å². The highest BCUT2D eigenvalue weighted by Gasteiger charge is 2.55. The van der Waals surface area contributed by atoms with E-state index in [0.29, 0.717) is 12.5 Å². The van der Waals surface area contributed by atoms with E-state index in [1.807, 2.05) is 18.2 Å². The summed E-state index contributed by atoms with van der Waals surface area (Å²) in [7, 11) is 0. The average Bonchev–Trinajstić information content (AvgIpc) is 3.23. The molecule has 0 bridgehead atoms. The van der Waals surface area contributed by atoms with E-state index in [4.69, 9.17) is 21.3 Å². The molecule has 20 heavy (non-hydrogen) atoms. The Balaban J connectivity index is 2.26. The molecule has 4 heteroatoms. The molecular formula is C16H21ClN2O. The van der Waals surface area contributed by atoms with Crippen molar-refractivity contribution in [2.75, 3.05) is 13.2 Å². The molecule has 1 aromatic rings. The van der Waals surface area contributed by atoms with E-state index < -0.39 is 5.72 Å². The number of halogens is 1. The van der Waals surface area contributed by atoms with E-state index in [9.17, 15) is 0 Å². The first-order chi connectivity index (χ1) is 9.65. The van der Waals surface area contributed by atoms with Crippen LogP contribution in [-0.4, -0.2) is 23.9 Å². The molecule has 1 aliphatic carbocycles. The lowest BCUT2D eigenvalue weighted by Crippen LogP contribution is -2.54. The van der Waals surface area contributed by atoms with Gasteiger partial charge in [0, 0.05) is 24.6 Å². The molecule has 2 aliphatic rings. The number of hydrogen-bond acceptors (Lipinski definition) is 3. The third-order valence-corrected chi connectivity index (χ3v) is 4.55.